The zero-order valence-electron chi connectivity index (χ0n) is 6.63. The Morgan fingerprint density at radius 2 is 1.90 bits per heavy atom. The van der Waals surface area contributed by atoms with Gasteiger partial charge in [0.1, 0.15) is 5.54 Å². The second kappa shape index (κ2) is 2.66. The van der Waals surface area contributed by atoms with Crippen molar-refractivity contribution in [2.75, 3.05) is 20.1 Å². The Morgan fingerprint density at radius 3 is 2.30 bits per heavy atom. The maximum atomic E-state index is 10.3. The van der Waals surface area contributed by atoms with Crippen LogP contribution in [0, 0.1) is 4.91 Å². The second-order valence-corrected chi connectivity index (χ2v) is 3.39. The fourth-order valence-electron chi connectivity index (χ4n) is 1.19. The van der Waals surface area contributed by atoms with Gasteiger partial charge in [0.05, 0.1) is 0 Å². The van der Waals surface area contributed by atoms with E-state index in [2.05, 4.69) is 17.1 Å². The highest BCUT2D eigenvalue weighted by molar-refractivity contribution is 4.87. The van der Waals surface area contributed by atoms with Crippen molar-refractivity contribution in [3.63, 3.8) is 0 Å². The molecule has 1 aliphatic rings. The van der Waals surface area contributed by atoms with Crippen molar-refractivity contribution in [2.45, 2.75) is 25.3 Å². The van der Waals surface area contributed by atoms with E-state index < -0.39 is 0 Å². The number of piperidine rings is 1. The molecular weight excluding hydrogens is 128 g/mol. The highest BCUT2D eigenvalue weighted by Crippen LogP contribution is 2.24. The lowest BCUT2D eigenvalue weighted by atomic mass is 9.91. The molecule has 0 amide bonds. The molecule has 1 saturated heterocycles. The van der Waals surface area contributed by atoms with E-state index in [1.807, 2.05) is 6.92 Å². The maximum Gasteiger partial charge on any atom is 0.102 e. The maximum absolute atomic E-state index is 10.3. The first-order valence-electron chi connectivity index (χ1n) is 3.69. The first-order valence-corrected chi connectivity index (χ1v) is 3.69. The first-order chi connectivity index (χ1) is 4.66. The molecule has 0 aliphatic carbocycles. The minimum atomic E-state index is -0.271. The highest BCUT2D eigenvalue weighted by Gasteiger charge is 2.29. The molecule has 3 nitrogen and oxygen atoms in total. The third-order valence-corrected chi connectivity index (χ3v) is 2.28. The molecular formula is C7H14N2O. The number of likely N-dealkylation sites (tertiary alicyclic amines) is 1. The molecule has 0 bridgehead atoms. The van der Waals surface area contributed by atoms with Gasteiger partial charge in [-0.15, -0.1) is 0 Å². The van der Waals surface area contributed by atoms with Crippen LogP contribution in [0.3, 0.4) is 0 Å². The molecule has 0 aromatic heterocycles. The van der Waals surface area contributed by atoms with Crippen molar-refractivity contribution < 1.29 is 0 Å². The van der Waals surface area contributed by atoms with Crippen LogP contribution in [0.15, 0.2) is 5.18 Å². The molecule has 58 valence electrons. The Kier molecular flexibility index (Phi) is 2.04. The van der Waals surface area contributed by atoms with E-state index in [1.54, 1.807) is 0 Å². The predicted molar refractivity (Wildman–Crippen MR) is 40.9 cm³/mol. The van der Waals surface area contributed by atoms with Crippen LogP contribution < -0.4 is 0 Å². The molecule has 0 aromatic rings. The fourth-order valence-corrected chi connectivity index (χ4v) is 1.19. The van der Waals surface area contributed by atoms with Gasteiger partial charge < -0.3 is 4.90 Å². The van der Waals surface area contributed by atoms with Crippen molar-refractivity contribution >= 4 is 0 Å². The summed E-state index contributed by atoms with van der Waals surface area (Å²) in [6.07, 6.45) is 1.82. The van der Waals surface area contributed by atoms with Gasteiger partial charge in [-0.25, -0.2) is 0 Å². The summed E-state index contributed by atoms with van der Waals surface area (Å²) in [5, 5.41) is 3.14. The van der Waals surface area contributed by atoms with Gasteiger partial charge in [-0.2, -0.15) is 4.91 Å². The van der Waals surface area contributed by atoms with Crippen molar-refractivity contribution in [2.24, 2.45) is 5.18 Å². The Bertz CT molecular complexity index is 128. The van der Waals surface area contributed by atoms with Crippen molar-refractivity contribution in [3.05, 3.63) is 4.91 Å². The topological polar surface area (TPSA) is 32.7 Å². The lowest BCUT2D eigenvalue weighted by molar-refractivity contribution is 0.203. The third-order valence-electron chi connectivity index (χ3n) is 2.28. The van der Waals surface area contributed by atoms with E-state index >= 15 is 0 Å². The first kappa shape index (κ1) is 7.66. The van der Waals surface area contributed by atoms with Crippen molar-refractivity contribution in [1.82, 2.24) is 4.90 Å². The molecule has 0 atom stereocenters. The Labute approximate surface area is 61.4 Å². The lowest BCUT2D eigenvalue weighted by Crippen LogP contribution is -2.39. The van der Waals surface area contributed by atoms with E-state index in [9.17, 15) is 4.91 Å². The minimum absolute atomic E-state index is 0.271. The quantitative estimate of drug-likeness (QED) is 0.516. The summed E-state index contributed by atoms with van der Waals surface area (Å²) in [5.41, 5.74) is -0.271. The molecule has 1 heterocycles. The van der Waals surface area contributed by atoms with Crippen LogP contribution in [-0.2, 0) is 0 Å². The van der Waals surface area contributed by atoms with Gasteiger partial charge in [-0.05, 0) is 26.8 Å². The van der Waals surface area contributed by atoms with Gasteiger partial charge in [-0.1, -0.05) is 5.18 Å². The zero-order valence-corrected chi connectivity index (χ0v) is 6.63. The lowest BCUT2D eigenvalue weighted by Gasteiger charge is -2.31. The molecule has 0 unspecified atom stereocenters. The summed E-state index contributed by atoms with van der Waals surface area (Å²) < 4.78 is 0. The molecule has 0 radical (unpaired) electrons. The normalized spacial score (nSPS) is 26.2. The van der Waals surface area contributed by atoms with E-state index in [0.717, 1.165) is 25.9 Å². The van der Waals surface area contributed by atoms with Gasteiger partial charge in [0.25, 0.3) is 0 Å². The molecule has 0 aromatic carbocycles. The summed E-state index contributed by atoms with van der Waals surface area (Å²) >= 11 is 0. The Balaban J connectivity index is 2.46. The van der Waals surface area contributed by atoms with Crippen LogP contribution in [0.2, 0.25) is 0 Å². The van der Waals surface area contributed by atoms with E-state index in [4.69, 9.17) is 0 Å². The largest absolute Gasteiger partial charge is 0.306 e. The van der Waals surface area contributed by atoms with Crippen molar-refractivity contribution in [1.29, 1.82) is 0 Å². The summed E-state index contributed by atoms with van der Waals surface area (Å²) in [5.74, 6) is 0. The average molecular weight is 142 g/mol. The van der Waals surface area contributed by atoms with Crippen LogP contribution in [0.1, 0.15) is 19.8 Å². The molecule has 3 heteroatoms. The number of rotatable bonds is 1. The van der Waals surface area contributed by atoms with Gasteiger partial charge in [0.2, 0.25) is 0 Å². The van der Waals surface area contributed by atoms with Crippen molar-refractivity contribution in [3.8, 4) is 0 Å². The molecule has 1 fully saturated rings. The smallest absolute Gasteiger partial charge is 0.102 e. The third kappa shape index (κ3) is 1.53. The highest BCUT2D eigenvalue weighted by atomic mass is 16.3. The molecule has 1 rings (SSSR count). The van der Waals surface area contributed by atoms with Gasteiger partial charge >= 0.3 is 0 Å². The van der Waals surface area contributed by atoms with Crippen LogP contribution in [0.4, 0.5) is 0 Å². The Morgan fingerprint density at radius 1 is 1.40 bits per heavy atom. The number of nitrogens with zero attached hydrogens (tertiary/aromatic N) is 2. The monoisotopic (exact) mass is 142 g/mol. The molecule has 0 saturated carbocycles. The minimum Gasteiger partial charge on any atom is -0.306 e. The summed E-state index contributed by atoms with van der Waals surface area (Å²) in [4.78, 5) is 12.5. The fraction of sp³-hybridized carbons (Fsp3) is 1.00. The van der Waals surface area contributed by atoms with E-state index in [0.29, 0.717) is 0 Å². The predicted octanol–water partition coefficient (Wildman–Crippen LogP) is 1.24. The summed E-state index contributed by atoms with van der Waals surface area (Å²) in [6, 6.07) is 0. The van der Waals surface area contributed by atoms with Crippen LogP contribution in [-0.4, -0.2) is 30.6 Å². The van der Waals surface area contributed by atoms with Crippen LogP contribution in [0.25, 0.3) is 0 Å². The summed E-state index contributed by atoms with van der Waals surface area (Å²) in [6.45, 7) is 3.94. The van der Waals surface area contributed by atoms with E-state index in [-0.39, 0.29) is 5.54 Å². The Hall–Kier alpha value is -0.440. The molecule has 10 heavy (non-hydrogen) atoms. The molecule has 0 N–H and O–H groups in total. The number of hydrogen-bond acceptors (Lipinski definition) is 3. The summed E-state index contributed by atoms with van der Waals surface area (Å²) in [7, 11) is 2.07. The van der Waals surface area contributed by atoms with Gasteiger partial charge in [-0.3, -0.25) is 0 Å². The number of nitroso groups, excluding NO2 is 1. The average Bonchev–Trinajstić information content (AvgIpc) is 1.96. The SMILES string of the molecule is CN1CCC(C)(N=O)CC1. The van der Waals surface area contributed by atoms with Crippen LogP contribution >= 0.6 is 0 Å². The van der Waals surface area contributed by atoms with Crippen LogP contribution in [0.5, 0.6) is 0 Å². The van der Waals surface area contributed by atoms with Gasteiger partial charge in [0, 0.05) is 13.1 Å². The second-order valence-electron chi connectivity index (χ2n) is 3.39. The standard InChI is InChI=1S/C7H14N2O/c1-7(8-10)3-5-9(2)6-4-7/h3-6H2,1-2H3. The molecule has 0 spiro atoms. The zero-order chi connectivity index (χ0) is 7.61. The van der Waals surface area contributed by atoms with E-state index in [1.165, 1.54) is 0 Å². The molecule has 1 aliphatic heterocycles. The van der Waals surface area contributed by atoms with Gasteiger partial charge in [0.15, 0.2) is 0 Å². The number of hydrogen-bond donors (Lipinski definition) is 0.